The third kappa shape index (κ3) is 6.89. The lowest BCUT2D eigenvalue weighted by Gasteiger charge is -2.44. The lowest BCUT2D eigenvalue weighted by molar-refractivity contribution is -0.142. The Balaban J connectivity index is 1.75. The van der Waals surface area contributed by atoms with Crippen molar-refractivity contribution in [3.63, 3.8) is 0 Å². The topological polar surface area (TPSA) is 83.1 Å². The SMILES string of the molecule is CCOC(=O)CNC1CCCN(N2CCCC(NCC(=O)OC)C2)C1. The fraction of sp³-hybridized carbons (Fsp3) is 0.882. The van der Waals surface area contributed by atoms with Gasteiger partial charge in [-0.1, -0.05) is 0 Å². The quantitative estimate of drug-likeness (QED) is 0.576. The summed E-state index contributed by atoms with van der Waals surface area (Å²) in [5, 5.41) is 11.4. The van der Waals surface area contributed by atoms with E-state index in [1.807, 2.05) is 6.92 Å². The molecule has 0 aromatic heterocycles. The summed E-state index contributed by atoms with van der Waals surface area (Å²) in [6.45, 7) is 6.67. The van der Waals surface area contributed by atoms with Gasteiger partial charge in [0.2, 0.25) is 0 Å². The number of esters is 2. The summed E-state index contributed by atoms with van der Waals surface area (Å²) in [5.41, 5.74) is 0. The van der Waals surface area contributed by atoms with Gasteiger partial charge in [0.15, 0.2) is 0 Å². The van der Waals surface area contributed by atoms with Crippen LogP contribution in [0.5, 0.6) is 0 Å². The van der Waals surface area contributed by atoms with Crippen LogP contribution in [0.2, 0.25) is 0 Å². The summed E-state index contributed by atoms with van der Waals surface area (Å²) in [7, 11) is 1.41. The number of carbonyl (C=O) groups is 2. The Hall–Kier alpha value is -1.22. The van der Waals surface area contributed by atoms with Crippen LogP contribution in [0.25, 0.3) is 0 Å². The van der Waals surface area contributed by atoms with E-state index in [1.165, 1.54) is 7.11 Å². The zero-order chi connectivity index (χ0) is 18.1. The van der Waals surface area contributed by atoms with E-state index in [2.05, 4.69) is 20.7 Å². The molecule has 2 aliphatic heterocycles. The standard InChI is InChI=1S/C17H32N4O4/c1-3-25-17(23)11-19-15-7-5-9-21(13-15)20-8-4-6-14(12-20)18-10-16(22)24-2/h14-15,18-19H,3-13H2,1-2H3. The molecule has 2 N–H and O–H groups in total. The summed E-state index contributed by atoms with van der Waals surface area (Å²) in [4.78, 5) is 22.8. The van der Waals surface area contributed by atoms with E-state index in [1.54, 1.807) is 0 Å². The van der Waals surface area contributed by atoms with Crippen molar-refractivity contribution >= 4 is 11.9 Å². The second kappa shape index (κ2) is 10.7. The van der Waals surface area contributed by atoms with Gasteiger partial charge in [-0.25, -0.2) is 10.0 Å². The van der Waals surface area contributed by atoms with E-state index in [0.29, 0.717) is 18.7 Å². The molecule has 2 atom stereocenters. The van der Waals surface area contributed by atoms with Crippen molar-refractivity contribution in [2.45, 2.75) is 44.7 Å². The predicted molar refractivity (Wildman–Crippen MR) is 93.8 cm³/mol. The molecule has 0 radical (unpaired) electrons. The van der Waals surface area contributed by atoms with Gasteiger partial charge in [-0.15, -0.1) is 0 Å². The predicted octanol–water partition coefficient (Wildman–Crippen LogP) is -0.254. The Morgan fingerprint density at radius 1 is 0.960 bits per heavy atom. The molecule has 2 unspecified atom stereocenters. The number of piperidine rings is 2. The Kier molecular flexibility index (Phi) is 8.60. The van der Waals surface area contributed by atoms with Gasteiger partial charge in [0.1, 0.15) is 0 Å². The molecule has 2 rings (SSSR count). The fourth-order valence-corrected chi connectivity index (χ4v) is 3.50. The van der Waals surface area contributed by atoms with E-state index < -0.39 is 0 Å². The normalized spacial score (nSPS) is 25.5. The lowest BCUT2D eigenvalue weighted by atomic mass is 10.0. The molecular formula is C17H32N4O4. The number of carbonyl (C=O) groups excluding carboxylic acids is 2. The Bertz CT molecular complexity index is 435. The first-order valence-corrected chi connectivity index (χ1v) is 9.31. The smallest absolute Gasteiger partial charge is 0.319 e. The zero-order valence-electron chi connectivity index (χ0n) is 15.5. The molecule has 8 heteroatoms. The van der Waals surface area contributed by atoms with Crippen molar-refractivity contribution < 1.29 is 19.1 Å². The number of methoxy groups -OCH3 is 1. The number of ether oxygens (including phenoxy) is 2. The van der Waals surface area contributed by atoms with Crippen molar-refractivity contribution in [3.05, 3.63) is 0 Å². The average molecular weight is 356 g/mol. The van der Waals surface area contributed by atoms with E-state index in [0.717, 1.165) is 51.9 Å². The summed E-state index contributed by atoms with van der Waals surface area (Å²) in [6.07, 6.45) is 4.37. The lowest BCUT2D eigenvalue weighted by Crippen LogP contribution is -2.58. The number of nitrogens with zero attached hydrogens (tertiary/aromatic N) is 2. The Labute approximate surface area is 150 Å². The van der Waals surface area contributed by atoms with Gasteiger partial charge in [-0.05, 0) is 32.6 Å². The molecule has 2 saturated heterocycles. The molecule has 2 fully saturated rings. The molecule has 0 spiro atoms. The van der Waals surface area contributed by atoms with Crippen LogP contribution in [0.1, 0.15) is 32.6 Å². The van der Waals surface area contributed by atoms with E-state index >= 15 is 0 Å². The first-order valence-electron chi connectivity index (χ1n) is 9.31. The van der Waals surface area contributed by atoms with Gasteiger partial charge in [0.05, 0.1) is 26.8 Å². The second-order valence-electron chi connectivity index (χ2n) is 6.65. The van der Waals surface area contributed by atoms with Gasteiger partial charge in [-0.3, -0.25) is 9.59 Å². The second-order valence-corrected chi connectivity index (χ2v) is 6.65. The molecule has 144 valence electrons. The van der Waals surface area contributed by atoms with Crippen molar-refractivity contribution in [2.24, 2.45) is 0 Å². The zero-order valence-corrected chi connectivity index (χ0v) is 15.5. The Morgan fingerprint density at radius 3 is 1.96 bits per heavy atom. The third-order valence-electron chi connectivity index (χ3n) is 4.80. The maximum Gasteiger partial charge on any atom is 0.319 e. The van der Waals surface area contributed by atoms with Crippen LogP contribution in [-0.2, 0) is 19.1 Å². The average Bonchev–Trinajstić information content (AvgIpc) is 2.65. The third-order valence-corrected chi connectivity index (χ3v) is 4.80. The van der Waals surface area contributed by atoms with Crippen LogP contribution in [0, 0.1) is 0 Å². The minimum Gasteiger partial charge on any atom is -0.468 e. The molecule has 0 amide bonds. The van der Waals surface area contributed by atoms with Gasteiger partial charge in [0.25, 0.3) is 0 Å². The monoisotopic (exact) mass is 356 g/mol. The van der Waals surface area contributed by atoms with Crippen LogP contribution in [0.3, 0.4) is 0 Å². The molecule has 2 aliphatic rings. The number of hydrogen-bond acceptors (Lipinski definition) is 8. The molecule has 0 bridgehead atoms. The number of hydrazine groups is 1. The van der Waals surface area contributed by atoms with Crippen molar-refractivity contribution in [1.82, 2.24) is 20.7 Å². The molecule has 0 aromatic carbocycles. The first-order chi connectivity index (χ1) is 12.1. The fourth-order valence-electron chi connectivity index (χ4n) is 3.50. The summed E-state index contributed by atoms with van der Waals surface area (Å²) in [6, 6.07) is 0.613. The maximum atomic E-state index is 11.5. The van der Waals surface area contributed by atoms with E-state index in [4.69, 9.17) is 9.47 Å². The molecular weight excluding hydrogens is 324 g/mol. The van der Waals surface area contributed by atoms with Gasteiger partial charge in [-0.2, -0.15) is 0 Å². The van der Waals surface area contributed by atoms with Crippen molar-refractivity contribution in [2.75, 3.05) is 53.0 Å². The highest BCUT2D eigenvalue weighted by molar-refractivity contribution is 5.71. The van der Waals surface area contributed by atoms with E-state index in [9.17, 15) is 9.59 Å². The van der Waals surface area contributed by atoms with E-state index in [-0.39, 0.29) is 25.0 Å². The molecule has 0 aliphatic carbocycles. The Morgan fingerprint density at radius 2 is 1.48 bits per heavy atom. The van der Waals surface area contributed by atoms with Crippen LogP contribution in [0.4, 0.5) is 0 Å². The van der Waals surface area contributed by atoms with Crippen LogP contribution >= 0.6 is 0 Å². The van der Waals surface area contributed by atoms with Crippen LogP contribution in [0.15, 0.2) is 0 Å². The highest BCUT2D eigenvalue weighted by atomic mass is 16.5. The molecule has 0 saturated carbocycles. The molecule has 8 nitrogen and oxygen atoms in total. The highest BCUT2D eigenvalue weighted by Crippen LogP contribution is 2.17. The minimum absolute atomic E-state index is 0.190. The van der Waals surface area contributed by atoms with Gasteiger partial charge >= 0.3 is 11.9 Å². The maximum absolute atomic E-state index is 11.5. The number of nitrogens with one attached hydrogen (secondary N) is 2. The molecule has 25 heavy (non-hydrogen) atoms. The molecule has 0 aromatic rings. The van der Waals surface area contributed by atoms with Crippen LogP contribution < -0.4 is 10.6 Å². The highest BCUT2D eigenvalue weighted by Gasteiger charge is 2.28. The largest absolute Gasteiger partial charge is 0.468 e. The van der Waals surface area contributed by atoms with Crippen molar-refractivity contribution in [1.29, 1.82) is 0 Å². The first kappa shape index (κ1) is 20.1. The summed E-state index contributed by atoms with van der Waals surface area (Å²) < 4.78 is 9.66. The summed E-state index contributed by atoms with van der Waals surface area (Å²) in [5.74, 6) is -0.414. The number of hydrogen-bond donors (Lipinski definition) is 2. The molecule has 2 heterocycles. The summed E-state index contributed by atoms with van der Waals surface area (Å²) >= 11 is 0. The van der Waals surface area contributed by atoms with Gasteiger partial charge < -0.3 is 20.1 Å². The van der Waals surface area contributed by atoms with Crippen LogP contribution in [-0.4, -0.2) is 87.0 Å². The number of rotatable bonds is 8. The minimum atomic E-state index is -0.224. The van der Waals surface area contributed by atoms with Crippen molar-refractivity contribution in [3.8, 4) is 0 Å². The van der Waals surface area contributed by atoms with Gasteiger partial charge in [0, 0.05) is 38.3 Å².